The van der Waals surface area contributed by atoms with Crippen LogP contribution >= 0.6 is 11.8 Å². The first-order chi connectivity index (χ1) is 9.31. The fourth-order valence-corrected chi connectivity index (χ4v) is 2.30. The SMILES string of the molecule is CCOCCCSc1nnnn1-c1ccc(O)cc1. The lowest BCUT2D eigenvalue weighted by molar-refractivity contribution is 0.149. The van der Waals surface area contributed by atoms with E-state index in [2.05, 4.69) is 15.5 Å². The third-order valence-corrected chi connectivity index (χ3v) is 3.41. The van der Waals surface area contributed by atoms with Crippen molar-refractivity contribution in [1.82, 2.24) is 20.2 Å². The molecule has 2 rings (SSSR count). The molecule has 0 saturated heterocycles. The summed E-state index contributed by atoms with van der Waals surface area (Å²) in [6.07, 6.45) is 0.959. The van der Waals surface area contributed by atoms with Crippen LogP contribution in [0.15, 0.2) is 29.4 Å². The van der Waals surface area contributed by atoms with Crippen LogP contribution < -0.4 is 0 Å². The molecule has 0 aliphatic carbocycles. The number of hydrogen-bond donors (Lipinski definition) is 1. The number of benzene rings is 1. The number of aromatic nitrogens is 4. The number of phenolic OH excluding ortho intramolecular Hbond substituents is 1. The van der Waals surface area contributed by atoms with E-state index in [0.717, 1.165) is 36.2 Å². The van der Waals surface area contributed by atoms with Crippen LogP contribution in [-0.2, 0) is 4.74 Å². The number of ether oxygens (including phenoxy) is 1. The van der Waals surface area contributed by atoms with Crippen molar-refractivity contribution in [3.63, 3.8) is 0 Å². The van der Waals surface area contributed by atoms with Crippen molar-refractivity contribution in [3.05, 3.63) is 24.3 Å². The van der Waals surface area contributed by atoms with Crippen LogP contribution in [0.4, 0.5) is 0 Å². The minimum absolute atomic E-state index is 0.225. The molecule has 0 unspecified atom stereocenters. The Morgan fingerprint density at radius 3 is 2.84 bits per heavy atom. The van der Waals surface area contributed by atoms with Crippen LogP contribution in [-0.4, -0.2) is 44.3 Å². The number of tetrazole rings is 1. The number of hydrogen-bond acceptors (Lipinski definition) is 6. The van der Waals surface area contributed by atoms with Crippen molar-refractivity contribution in [2.24, 2.45) is 0 Å². The lowest BCUT2D eigenvalue weighted by Gasteiger charge is -2.04. The molecule has 0 atom stereocenters. The van der Waals surface area contributed by atoms with E-state index >= 15 is 0 Å². The first-order valence-corrected chi connectivity index (χ1v) is 7.08. The van der Waals surface area contributed by atoms with Crippen LogP contribution in [0, 0.1) is 0 Å². The lowest BCUT2D eigenvalue weighted by atomic mass is 10.3. The van der Waals surface area contributed by atoms with E-state index in [1.165, 1.54) is 0 Å². The smallest absolute Gasteiger partial charge is 0.214 e. The first kappa shape index (κ1) is 13.8. The Labute approximate surface area is 115 Å². The maximum absolute atomic E-state index is 9.27. The van der Waals surface area contributed by atoms with Crippen LogP contribution in [0.5, 0.6) is 5.75 Å². The van der Waals surface area contributed by atoms with Crippen LogP contribution in [0.2, 0.25) is 0 Å². The van der Waals surface area contributed by atoms with Gasteiger partial charge in [-0.25, -0.2) is 0 Å². The summed E-state index contributed by atoms with van der Waals surface area (Å²) in [5.74, 6) is 1.13. The average molecular weight is 280 g/mol. The number of rotatable bonds is 7. The van der Waals surface area contributed by atoms with Gasteiger partial charge in [-0.2, -0.15) is 4.68 Å². The second-order valence-electron chi connectivity index (χ2n) is 3.79. The molecule has 2 aromatic rings. The highest BCUT2D eigenvalue weighted by Crippen LogP contribution is 2.20. The lowest BCUT2D eigenvalue weighted by Crippen LogP contribution is -2.00. The van der Waals surface area contributed by atoms with Gasteiger partial charge in [-0.1, -0.05) is 11.8 Å². The van der Waals surface area contributed by atoms with Gasteiger partial charge in [0.15, 0.2) is 0 Å². The third-order valence-electron chi connectivity index (χ3n) is 2.40. The maximum atomic E-state index is 9.27. The van der Waals surface area contributed by atoms with Gasteiger partial charge in [0.2, 0.25) is 5.16 Å². The molecule has 0 amide bonds. The summed E-state index contributed by atoms with van der Waals surface area (Å²) in [5.41, 5.74) is 0.829. The molecule has 7 heteroatoms. The van der Waals surface area contributed by atoms with Gasteiger partial charge < -0.3 is 9.84 Å². The van der Waals surface area contributed by atoms with E-state index in [1.807, 2.05) is 6.92 Å². The van der Waals surface area contributed by atoms with Crippen molar-refractivity contribution in [1.29, 1.82) is 0 Å². The molecule has 0 fully saturated rings. The summed E-state index contributed by atoms with van der Waals surface area (Å²) in [6.45, 7) is 3.48. The minimum atomic E-state index is 0.225. The molecule has 6 nitrogen and oxygen atoms in total. The van der Waals surface area contributed by atoms with Crippen molar-refractivity contribution < 1.29 is 9.84 Å². The molecule has 0 aliphatic rings. The fraction of sp³-hybridized carbons (Fsp3) is 0.417. The average Bonchev–Trinajstić information content (AvgIpc) is 2.88. The number of thioether (sulfide) groups is 1. The highest BCUT2D eigenvalue weighted by molar-refractivity contribution is 7.99. The van der Waals surface area contributed by atoms with E-state index in [-0.39, 0.29) is 5.75 Å². The molecular formula is C12H16N4O2S. The van der Waals surface area contributed by atoms with Crippen molar-refractivity contribution in [3.8, 4) is 11.4 Å². The first-order valence-electron chi connectivity index (χ1n) is 6.09. The molecule has 1 N–H and O–H groups in total. The topological polar surface area (TPSA) is 73.1 Å². The van der Waals surface area contributed by atoms with Gasteiger partial charge in [-0.15, -0.1) is 5.10 Å². The Morgan fingerprint density at radius 1 is 1.32 bits per heavy atom. The molecule has 1 heterocycles. The monoisotopic (exact) mass is 280 g/mol. The Balaban J connectivity index is 1.96. The summed E-state index contributed by atoms with van der Waals surface area (Å²) in [7, 11) is 0. The molecule has 19 heavy (non-hydrogen) atoms. The zero-order chi connectivity index (χ0) is 13.5. The Bertz CT molecular complexity index is 501. The Hall–Kier alpha value is -1.60. The zero-order valence-corrected chi connectivity index (χ0v) is 11.5. The highest BCUT2D eigenvalue weighted by atomic mass is 32.2. The van der Waals surface area contributed by atoms with E-state index in [0.29, 0.717) is 0 Å². The van der Waals surface area contributed by atoms with Crippen LogP contribution in [0.3, 0.4) is 0 Å². The predicted octanol–water partition coefficient (Wildman–Crippen LogP) is 1.89. The molecule has 1 aromatic carbocycles. The van der Waals surface area contributed by atoms with Crippen LogP contribution in [0.25, 0.3) is 5.69 Å². The van der Waals surface area contributed by atoms with Gasteiger partial charge in [0.05, 0.1) is 5.69 Å². The maximum Gasteiger partial charge on any atom is 0.214 e. The third kappa shape index (κ3) is 3.93. The number of phenols is 1. The normalized spacial score (nSPS) is 10.8. The predicted molar refractivity (Wildman–Crippen MR) is 72.7 cm³/mol. The Kier molecular flexibility index (Phi) is 5.17. The Morgan fingerprint density at radius 2 is 2.11 bits per heavy atom. The standard InChI is InChI=1S/C12H16N4O2S/c1-2-18-8-3-9-19-12-13-14-15-16(12)10-4-6-11(17)7-5-10/h4-7,17H,2-3,8-9H2,1H3. The summed E-state index contributed by atoms with van der Waals surface area (Å²) < 4.78 is 6.94. The van der Waals surface area contributed by atoms with Crippen molar-refractivity contribution in [2.45, 2.75) is 18.5 Å². The number of nitrogens with zero attached hydrogens (tertiary/aromatic N) is 4. The zero-order valence-electron chi connectivity index (χ0n) is 10.7. The quantitative estimate of drug-likeness (QED) is 0.616. The molecule has 0 aliphatic heterocycles. The van der Waals surface area contributed by atoms with Gasteiger partial charge >= 0.3 is 0 Å². The second-order valence-corrected chi connectivity index (χ2v) is 4.85. The van der Waals surface area contributed by atoms with E-state index < -0.39 is 0 Å². The fourth-order valence-electron chi connectivity index (χ4n) is 1.49. The van der Waals surface area contributed by atoms with Crippen molar-refractivity contribution >= 4 is 11.8 Å². The molecule has 0 spiro atoms. The molecule has 102 valence electrons. The van der Waals surface area contributed by atoms with E-state index in [9.17, 15) is 5.11 Å². The molecule has 0 radical (unpaired) electrons. The summed E-state index contributed by atoms with van der Waals surface area (Å²) >= 11 is 1.59. The van der Waals surface area contributed by atoms with Crippen LogP contribution in [0.1, 0.15) is 13.3 Å². The molecule has 0 bridgehead atoms. The van der Waals surface area contributed by atoms with Gasteiger partial charge in [-0.05, 0) is 48.0 Å². The largest absolute Gasteiger partial charge is 0.508 e. The van der Waals surface area contributed by atoms with E-state index in [1.54, 1.807) is 40.7 Å². The van der Waals surface area contributed by atoms with Gasteiger partial charge in [0, 0.05) is 19.0 Å². The summed E-state index contributed by atoms with van der Waals surface area (Å²) in [5, 5.41) is 21.6. The van der Waals surface area contributed by atoms with Gasteiger partial charge in [-0.3, -0.25) is 0 Å². The van der Waals surface area contributed by atoms with Gasteiger partial charge in [0.25, 0.3) is 0 Å². The highest BCUT2D eigenvalue weighted by Gasteiger charge is 2.08. The summed E-state index contributed by atoms with van der Waals surface area (Å²) in [4.78, 5) is 0. The molecule has 1 aromatic heterocycles. The number of aromatic hydroxyl groups is 1. The van der Waals surface area contributed by atoms with Gasteiger partial charge in [0.1, 0.15) is 5.75 Å². The summed E-state index contributed by atoms with van der Waals surface area (Å²) in [6, 6.07) is 6.77. The molecular weight excluding hydrogens is 264 g/mol. The minimum Gasteiger partial charge on any atom is -0.508 e. The second kappa shape index (κ2) is 7.10. The van der Waals surface area contributed by atoms with Crippen molar-refractivity contribution in [2.75, 3.05) is 19.0 Å². The van der Waals surface area contributed by atoms with E-state index in [4.69, 9.17) is 4.74 Å². The molecule has 0 saturated carbocycles.